The van der Waals surface area contributed by atoms with Crippen LogP contribution in [-0.2, 0) is 16.1 Å². The van der Waals surface area contributed by atoms with Crippen molar-refractivity contribution in [1.29, 1.82) is 0 Å². The first-order chi connectivity index (χ1) is 9.14. The van der Waals surface area contributed by atoms with Crippen LogP contribution in [0, 0.1) is 0 Å². The predicted octanol–water partition coefficient (Wildman–Crippen LogP) is 1.58. The molecule has 1 N–H and O–H groups in total. The molecule has 0 radical (unpaired) electrons. The average Bonchev–Trinajstić information content (AvgIpc) is 2.40. The Kier molecular flexibility index (Phi) is 4.56. The molecule has 1 aliphatic rings. The number of carbonyl (C=O) groups excluding carboxylic acids is 1. The molecule has 19 heavy (non-hydrogen) atoms. The zero-order valence-corrected chi connectivity index (χ0v) is 11.3. The molecule has 1 aromatic rings. The molecule has 0 spiro atoms. The van der Waals surface area contributed by atoms with Crippen molar-refractivity contribution >= 4 is 5.97 Å². The van der Waals surface area contributed by atoms with Crippen LogP contribution >= 0.6 is 0 Å². The van der Waals surface area contributed by atoms with Gasteiger partial charge >= 0.3 is 5.97 Å². The number of nitrogens with zero attached hydrogens (tertiary/aromatic N) is 1. The molecule has 1 atom stereocenters. The van der Waals surface area contributed by atoms with Crippen LogP contribution in [0.15, 0.2) is 30.3 Å². The molecule has 0 amide bonds. The Labute approximate surface area is 114 Å². The Balaban J connectivity index is 1.99. The molecule has 4 heteroatoms. The molecule has 1 heterocycles. The van der Waals surface area contributed by atoms with Gasteiger partial charge in [0.05, 0.1) is 6.61 Å². The lowest BCUT2D eigenvalue weighted by atomic mass is 9.92. The second-order valence-corrected chi connectivity index (χ2v) is 5.05. The summed E-state index contributed by atoms with van der Waals surface area (Å²) in [6, 6.07) is 10.1. The molecule has 0 saturated carbocycles. The Morgan fingerprint density at radius 3 is 2.84 bits per heavy atom. The zero-order chi connectivity index (χ0) is 13.7. The fraction of sp³-hybridized carbons (Fsp3) is 0.533. The van der Waals surface area contributed by atoms with Crippen molar-refractivity contribution in [3.63, 3.8) is 0 Å². The minimum Gasteiger partial charge on any atom is -0.464 e. The smallest absolute Gasteiger partial charge is 0.339 e. The first-order valence-electron chi connectivity index (χ1n) is 6.80. The fourth-order valence-electron chi connectivity index (χ4n) is 2.53. The van der Waals surface area contributed by atoms with Gasteiger partial charge < -0.3 is 9.84 Å². The standard InChI is InChI=1S/C15H21NO3/c1-2-19-14(17)15(18)9-6-10-16(12-15)11-13-7-4-3-5-8-13/h3-5,7-8,18H,2,6,9-12H2,1H3. The predicted molar refractivity (Wildman–Crippen MR) is 72.5 cm³/mol. The number of likely N-dealkylation sites (tertiary alicyclic amines) is 1. The summed E-state index contributed by atoms with van der Waals surface area (Å²) in [5, 5.41) is 10.4. The Hall–Kier alpha value is -1.39. The molecular weight excluding hydrogens is 242 g/mol. The van der Waals surface area contributed by atoms with Gasteiger partial charge in [0.2, 0.25) is 0 Å². The molecular formula is C15H21NO3. The summed E-state index contributed by atoms with van der Waals surface area (Å²) < 4.78 is 4.97. The number of aliphatic hydroxyl groups is 1. The van der Waals surface area contributed by atoms with E-state index in [1.165, 1.54) is 5.56 Å². The number of hydrogen-bond donors (Lipinski definition) is 1. The van der Waals surface area contributed by atoms with Gasteiger partial charge in [-0.1, -0.05) is 30.3 Å². The van der Waals surface area contributed by atoms with Crippen molar-refractivity contribution in [2.45, 2.75) is 31.9 Å². The third-order valence-electron chi connectivity index (χ3n) is 3.45. The maximum absolute atomic E-state index is 11.8. The van der Waals surface area contributed by atoms with Crippen LogP contribution in [0.25, 0.3) is 0 Å². The minimum atomic E-state index is -1.34. The second-order valence-electron chi connectivity index (χ2n) is 5.05. The third kappa shape index (κ3) is 3.55. The van der Waals surface area contributed by atoms with Crippen molar-refractivity contribution in [2.75, 3.05) is 19.7 Å². The van der Waals surface area contributed by atoms with Crippen LogP contribution in [-0.4, -0.2) is 41.3 Å². The van der Waals surface area contributed by atoms with Crippen molar-refractivity contribution in [3.8, 4) is 0 Å². The molecule has 0 aromatic heterocycles. The highest BCUT2D eigenvalue weighted by Gasteiger charge is 2.41. The summed E-state index contributed by atoms with van der Waals surface area (Å²) in [6.07, 6.45) is 1.29. The number of rotatable bonds is 4. The van der Waals surface area contributed by atoms with Crippen LogP contribution in [0.1, 0.15) is 25.3 Å². The number of hydrogen-bond acceptors (Lipinski definition) is 4. The molecule has 104 valence electrons. The highest BCUT2D eigenvalue weighted by atomic mass is 16.5. The summed E-state index contributed by atoms with van der Waals surface area (Å²) in [7, 11) is 0. The highest BCUT2D eigenvalue weighted by molar-refractivity contribution is 5.79. The Morgan fingerprint density at radius 2 is 2.16 bits per heavy atom. The van der Waals surface area contributed by atoms with E-state index < -0.39 is 11.6 Å². The monoisotopic (exact) mass is 263 g/mol. The molecule has 1 aromatic carbocycles. The van der Waals surface area contributed by atoms with E-state index in [2.05, 4.69) is 17.0 Å². The summed E-state index contributed by atoms with van der Waals surface area (Å²) in [5.74, 6) is -0.493. The van der Waals surface area contributed by atoms with Gasteiger partial charge in [-0.2, -0.15) is 0 Å². The van der Waals surface area contributed by atoms with Gasteiger partial charge in [-0.3, -0.25) is 4.90 Å². The van der Waals surface area contributed by atoms with Crippen molar-refractivity contribution in [3.05, 3.63) is 35.9 Å². The van der Waals surface area contributed by atoms with E-state index in [4.69, 9.17) is 4.74 Å². The molecule has 1 saturated heterocycles. The molecule has 1 aliphatic heterocycles. The SMILES string of the molecule is CCOC(=O)C1(O)CCCN(Cc2ccccc2)C1. The lowest BCUT2D eigenvalue weighted by Gasteiger charge is -2.37. The molecule has 0 bridgehead atoms. The summed E-state index contributed by atoms with van der Waals surface area (Å²) >= 11 is 0. The van der Waals surface area contributed by atoms with E-state index in [0.29, 0.717) is 19.6 Å². The van der Waals surface area contributed by atoms with Gasteiger partial charge in [-0.25, -0.2) is 4.79 Å². The number of piperidine rings is 1. The van der Waals surface area contributed by atoms with Crippen LogP contribution in [0.2, 0.25) is 0 Å². The number of esters is 1. The minimum absolute atomic E-state index is 0.305. The third-order valence-corrected chi connectivity index (χ3v) is 3.45. The van der Waals surface area contributed by atoms with Gasteiger partial charge in [0.25, 0.3) is 0 Å². The van der Waals surface area contributed by atoms with Crippen molar-refractivity contribution in [1.82, 2.24) is 4.90 Å². The van der Waals surface area contributed by atoms with Crippen LogP contribution in [0.3, 0.4) is 0 Å². The molecule has 1 fully saturated rings. The van der Waals surface area contributed by atoms with Gasteiger partial charge in [0, 0.05) is 13.1 Å². The van der Waals surface area contributed by atoms with E-state index >= 15 is 0 Å². The van der Waals surface area contributed by atoms with Gasteiger partial charge in [0.15, 0.2) is 5.60 Å². The van der Waals surface area contributed by atoms with Gasteiger partial charge in [0.1, 0.15) is 0 Å². The first kappa shape index (κ1) is 14.0. The Morgan fingerprint density at radius 1 is 1.42 bits per heavy atom. The maximum Gasteiger partial charge on any atom is 0.339 e. The summed E-state index contributed by atoms with van der Waals surface area (Å²) in [5.41, 5.74) is -0.154. The van der Waals surface area contributed by atoms with E-state index in [0.717, 1.165) is 19.5 Å². The van der Waals surface area contributed by atoms with Crippen molar-refractivity contribution in [2.24, 2.45) is 0 Å². The topological polar surface area (TPSA) is 49.8 Å². The fourth-order valence-corrected chi connectivity index (χ4v) is 2.53. The summed E-state index contributed by atoms with van der Waals surface area (Å²) in [4.78, 5) is 13.9. The van der Waals surface area contributed by atoms with E-state index in [-0.39, 0.29) is 0 Å². The number of benzene rings is 1. The Bertz CT molecular complexity index is 421. The van der Waals surface area contributed by atoms with E-state index in [1.54, 1.807) is 6.92 Å². The van der Waals surface area contributed by atoms with Crippen LogP contribution in [0.4, 0.5) is 0 Å². The molecule has 0 aliphatic carbocycles. The number of ether oxygens (including phenoxy) is 1. The lowest BCUT2D eigenvalue weighted by molar-refractivity contribution is -0.171. The average molecular weight is 263 g/mol. The van der Waals surface area contributed by atoms with Gasteiger partial charge in [-0.15, -0.1) is 0 Å². The number of β-amino-alcohol motifs (C(OH)–C–C–N with tert-alkyl or cyclic N) is 1. The quantitative estimate of drug-likeness (QED) is 0.838. The molecule has 4 nitrogen and oxygen atoms in total. The van der Waals surface area contributed by atoms with E-state index in [1.807, 2.05) is 18.2 Å². The van der Waals surface area contributed by atoms with Crippen LogP contribution in [0.5, 0.6) is 0 Å². The molecule has 2 rings (SSSR count). The first-order valence-corrected chi connectivity index (χ1v) is 6.80. The maximum atomic E-state index is 11.8. The van der Waals surface area contributed by atoms with Crippen molar-refractivity contribution < 1.29 is 14.6 Å². The largest absolute Gasteiger partial charge is 0.464 e. The van der Waals surface area contributed by atoms with E-state index in [9.17, 15) is 9.90 Å². The molecule has 1 unspecified atom stereocenters. The summed E-state index contributed by atoms with van der Waals surface area (Å²) in [6.45, 7) is 4.06. The number of carbonyl (C=O) groups is 1. The highest BCUT2D eigenvalue weighted by Crippen LogP contribution is 2.24. The van der Waals surface area contributed by atoms with Crippen LogP contribution < -0.4 is 0 Å². The lowest BCUT2D eigenvalue weighted by Crippen LogP contribution is -2.53. The normalized spacial score (nSPS) is 24.1. The zero-order valence-electron chi connectivity index (χ0n) is 11.3. The second kappa shape index (κ2) is 6.17. The van der Waals surface area contributed by atoms with Gasteiger partial charge in [-0.05, 0) is 31.9 Å².